The highest BCUT2D eigenvalue weighted by Gasteiger charge is 2.44. The number of thiazole rings is 1. The van der Waals surface area contributed by atoms with Crippen molar-refractivity contribution in [1.82, 2.24) is 4.98 Å². The lowest BCUT2D eigenvalue weighted by atomic mass is 9.98. The minimum atomic E-state index is -0.849. The largest absolute Gasteiger partial charge is 0.450 e. The van der Waals surface area contributed by atoms with E-state index >= 15 is 0 Å². The van der Waals surface area contributed by atoms with Crippen molar-refractivity contribution in [3.05, 3.63) is 91.5 Å². The first-order valence-corrected chi connectivity index (χ1v) is 9.97. The molecule has 0 spiro atoms. The van der Waals surface area contributed by atoms with Crippen molar-refractivity contribution in [2.75, 3.05) is 4.90 Å². The third-order valence-corrected chi connectivity index (χ3v) is 6.00. The molecule has 1 aliphatic rings. The molecule has 1 atom stereocenters. The van der Waals surface area contributed by atoms with E-state index in [-0.39, 0.29) is 27.7 Å². The van der Waals surface area contributed by atoms with Gasteiger partial charge in [0.1, 0.15) is 11.4 Å². The number of carbonyl (C=O) groups is 1. The number of amides is 1. The van der Waals surface area contributed by atoms with Gasteiger partial charge < -0.3 is 4.42 Å². The first-order valence-electron chi connectivity index (χ1n) is 8.71. The molecular weight excluding hydrogens is 415 g/mol. The number of benzene rings is 2. The van der Waals surface area contributed by atoms with Crippen molar-refractivity contribution in [3.8, 4) is 0 Å². The summed E-state index contributed by atoms with van der Waals surface area (Å²) in [6.45, 7) is 1.81. The van der Waals surface area contributed by atoms with E-state index in [4.69, 9.17) is 16.0 Å². The second-order valence-corrected chi connectivity index (χ2v) is 7.99. The van der Waals surface area contributed by atoms with Gasteiger partial charge in [-0.25, -0.2) is 9.37 Å². The summed E-state index contributed by atoms with van der Waals surface area (Å²) in [5, 5.41) is 2.86. The Hall–Kier alpha value is -3.03. The maximum absolute atomic E-state index is 14.0. The third-order valence-electron chi connectivity index (χ3n) is 4.81. The van der Waals surface area contributed by atoms with Crippen molar-refractivity contribution < 1.29 is 13.6 Å². The molecule has 0 radical (unpaired) electrons. The fourth-order valence-corrected chi connectivity index (χ4v) is 4.59. The van der Waals surface area contributed by atoms with E-state index in [0.29, 0.717) is 15.7 Å². The first kappa shape index (κ1) is 18.0. The maximum atomic E-state index is 14.0. The van der Waals surface area contributed by atoms with Crippen molar-refractivity contribution >= 4 is 44.9 Å². The molecule has 4 aromatic rings. The molecule has 2 aromatic heterocycles. The highest BCUT2D eigenvalue weighted by molar-refractivity contribution is 7.14. The molecule has 5 nitrogen and oxygen atoms in total. The zero-order valence-corrected chi connectivity index (χ0v) is 16.6. The smallest absolute Gasteiger partial charge is 0.297 e. The van der Waals surface area contributed by atoms with Crippen LogP contribution in [0.4, 0.5) is 9.52 Å². The molecule has 8 heteroatoms. The Morgan fingerprint density at radius 2 is 2.03 bits per heavy atom. The summed E-state index contributed by atoms with van der Waals surface area (Å²) in [6, 6.07) is 9.63. The van der Waals surface area contributed by atoms with Crippen molar-refractivity contribution in [3.63, 3.8) is 0 Å². The molecule has 5 rings (SSSR count). The Morgan fingerprint density at radius 1 is 1.21 bits per heavy atom. The molecule has 1 unspecified atom stereocenters. The maximum Gasteiger partial charge on any atom is 0.297 e. The van der Waals surface area contributed by atoms with E-state index in [9.17, 15) is 14.0 Å². The molecule has 2 aromatic carbocycles. The van der Waals surface area contributed by atoms with Gasteiger partial charge in [-0.1, -0.05) is 23.7 Å². The van der Waals surface area contributed by atoms with Gasteiger partial charge in [0.2, 0.25) is 5.76 Å². The average Bonchev–Trinajstić information content (AvgIpc) is 3.24. The number of hydrogen-bond donors (Lipinski definition) is 0. The number of rotatable bonds is 2. The van der Waals surface area contributed by atoms with Gasteiger partial charge in [-0.2, -0.15) is 0 Å². The van der Waals surface area contributed by atoms with Crippen LogP contribution in [0.3, 0.4) is 0 Å². The summed E-state index contributed by atoms with van der Waals surface area (Å²) in [5.41, 5.74) is 1.24. The monoisotopic (exact) mass is 426 g/mol. The van der Waals surface area contributed by atoms with E-state index < -0.39 is 17.8 Å². The molecule has 144 valence electrons. The van der Waals surface area contributed by atoms with Crippen LogP contribution in [-0.2, 0) is 0 Å². The van der Waals surface area contributed by atoms with Crippen LogP contribution >= 0.6 is 22.9 Å². The Morgan fingerprint density at radius 3 is 2.76 bits per heavy atom. The number of hydrogen-bond acceptors (Lipinski definition) is 5. The molecule has 29 heavy (non-hydrogen) atoms. The SMILES string of the molecule is Cc1csc(N2C(=O)c3oc4ccc(Cl)cc4c(=O)c3C2c2cccc(F)c2)n1. The highest BCUT2D eigenvalue weighted by Crippen LogP contribution is 2.42. The molecule has 0 fully saturated rings. The third kappa shape index (κ3) is 2.77. The molecule has 0 saturated carbocycles. The Kier molecular flexibility index (Phi) is 4.04. The molecule has 0 N–H and O–H groups in total. The molecule has 1 aliphatic heterocycles. The standard InChI is InChI=1S/C21H12ClFN2O3S/c1-10-9-29-21(24-10)25-17(11-3-2-4-13(23)7-11)16-18(26)14-8-12(22)5-6-15(14)28-19(16)20(25)27/h2-9,17H,1H3. The van der Waals surface area contributed by atoms with Gasteiger partial charge in [0, 0.05) is 10.4 Å². The van der Waals surface area contributed by atoms with E-state index in [2.05, 4.69) is 4.98 Å². The first-order chi connectivity index (χ1) is 13.9. The van der Waals surface area contributed by atoms with Crippen LogP contribution in [0, 0.1) is 12.7 Å². The molecule has 0 bridgehead atoms. The van der Waals surface area contributed by atoms with Gasteiger partial charge in [-0.3, -0.25) is 14.5 Å². The average molecular weight is 427 g/mol. The Labute approximate surface area is 173 Å². The van der Waals surface area contributed by atoms with Crippen molar-refractivity contribution in [2.45, 2.75) is 13.0 Å². The fourth-order valence-electron chi connectivity index (χ4n) is 3.59. The second kappa shape index (κ2) is 6.50. The Balaban J connectivity index is 1.84. The number of aryl methyl sites for hydroxylation is 1. The number of nitrogens with zero attached hydrogens (tertiary/aromatic N) is 2. The van der Waals surface area contributed by atoms with Gasteiger partial charge >= 0.3 is 0 Å². The zero-order valence-electron chi connectivity index (χ0n) is 15.0. The Bertz CT molecular complexity index is 1360. The van der Waals surface area contributed by atoms with Gasteiger partial charge in [-0.05, 0) is 42.8 Å². The molecule has 3 heterocycles. The summed E-state index contributed by atoms with van der Waals surface area (Å²) < 4.78 is 19.8. The van der Waals surface area contributed by atoms with Crippen LogP contribution in [0.5, 0.6) is 0 Å². The number of fused-ring (bicyclic) bond motifs is 2. The van der Waals surface area contributed by atoms with Gasteiger partial charge in [0.05, 0.1) is 22.7 Å². The van der Waals surface area contributed by atoms with Gasteiger partial charge in [0.15, 0.2) is 10.6 Å². The van der Waals surface area contributed by atoms with Gasteiger partial charge in [0.25, 0.3) is 5.91 Å². The second-order valence-electron chi connectivity index (χ2n) is 6.72. The molecule has 0 saturated heterocycles. The fraction of sp³-hybridized carbons (Fsp3) is 0.0952. The summed E-state index contributed by atoms with van der Waals surface area (Å²) in [7, 11) is 0. The number of aromatic nitrogens is 1. The lowest BCUT2D eigenvalue weighted by molar-refractivity contribution is 0.0971. The molecular formula is C21H12ClFN2O3S. The minimum Gasteiger partial charge on any atom is -0.450 e. The molecule has 1 amide bonds. The summed E-state index contributed by atoms with van der Waals surface area (Å²) in [6.07, 6.45) is 0. The van der Waals surface area contributed by atoms with Gasteiger partial charge in [-0.15, -0.1) is 11.3 Å². The molecule has 0 aliphatic carbocycles. The van der Waals surface area contributed by atoms with E-state index in [0.717, 1.165) is 5.69 Å². The van der Waals surface area contributed by atoms with Crippen LogP contribution in [-0.4, -0.2) is 10.9 Å². The summed E-state index contributed by atoms with van der Waals surface area (Å²) >= 11 is 7.33. The van der Waals surface area contributed by atoms with Crippen molar-refractivity contribution in [1.29, 1.82) is 0 Å². The van der Waals surface area contributed by atoms with Crippen LogP contribution in [0.1, 0.15) is 33.4 Å². The lowest BCUT2D eigenvalue weighted by Gasteiger charge is -2.22. The summed E-state index contributed by atoms with van der Waals surface area (Å²) in [4.78, 5) is 32.4. The predicted molar refractivity (Wildman–Crippen MR) is 109 cm³/mol. The lowest BCUT2D eigenvalue weighted by Crippen LogP contribution is -2.29. The highest BCUT2D eigenvalue weighted by atomic mass is 35.5. The number of carbonyl (C=O) groups excluding carboxylic acids is 1. The number of halogens is 2. The van der Waals surface area contributed by atoms with Crippen LogP contribution in [0.2, 0.25) is 5.02 Å². The summed E-state index contributed by atoms with van der Waals surface area (Å²) in [5.74, 6) is -1.02. The van der Waals surface area contributed by atoms with Crippen LogP contribution < -0.4 is 10.3 Å². The van der Waals surface area contributed by atoms with Crippen LogP contribution in [0.25, 0.3) is 11.0 Å². The normalized spacial score (nSPS) is 15.9. The zero-order chi connectivity index (χ0) is 20.3. The minimum absolute atomic E-state index is 0.0630. The number of anilines is 1. The van der Waals surface area contributed by atoms with Crippen LogP contribution in [0.15, 0.2) is 57.1 Å². The van der Waals surface area contributed by atoms with E-state index in [1.165, 1.54) is 40.5 Å². The van der Waals surface area contributed by atoms with E-state index in [1.54, 1.807) is 23.6 Å². The quantitative estimate of drug-likeness (QED) is 0.447. The van der Waals surface area contributed by atoms with Crippen molar-refractivity contribution in [2.24, 2.45) is 0 Å². The predicted octanol–water partition coefficient (Wildman–Crippen LogP) is 5.10. The van der Waals surface area contributed by atoms with E-state index in [1.807, 2.05) is 6.92 Å². The topological polar surface area (TPSA) is 63.4 Å².